The quantitative estimate of drug-likeness (QED) is 0.514. The van der Waals surface area contributed by atoms with Crippen molar-refractivity contribution >= 4 is 23.4 Å². The topological polar surface area (TPSA) is 88.8 Å². The van der Waals surface area contributed by atoms with Gasteiger partial charge in [-0.05, 0) is 43.5 Å². The Morgan fingerprint density at radius 1 is 1.19 bits per heavy atom. The number of nitrogens with zero attached hydrogens (tertiary/aromatic N) is 1. The van der Waals surface area contributed by atoms with Gasteiger partial charge in [0.05, 0.1) is 5.75 Å². The molecule has 0 saturated carbocycles. The van der Waals surface area contributed by atoms with Gasteiger partial charge in [0.1, 0.15) is 5.82 Å². The number of carbonyl (C=O) groups is 1. The van der Waals surface area contributed by atoms with E-state index < -0.39 is 0 Å². The maximum atomic E-state index is 12.3. The summed E-state index contributed by atoms with van der Waals surface area (Å²) in [5, 5.41) is 0.356. The molecule has 0 aliphatic rings. The van der Waals surface area contributed by atoms with Gasteiger partial charge in [0.15, 0.2) is 10.9 Å². The van der Waals surface area contributed by atoms with Crippen LogP contribution >= 0.6 is 11.8 Å². The summed E-state index contributed by atoms with van der Waals surface area (Å²) in [7, 11) is 0. The fourth-order valence-corrected chi connectivity index (χ4v) is 2.76. The number of hydrogen-bond donors (Lipinski definition) is 2. The van der Waals surface area contributed by atoms with Crippen molar-refractivity contribution in [2.45, 2.75) is 25.9 Å². The molecule has 2 rings (SSSR count). The van der Waals surface area contributed by atoms with Gasteiger partial charge < -0.3 is 10.7 Å². The number of nitrogen functional groups attached to an aromatic ring is 1. The Morgan fingerprint density at radius 2 is 1.86 bits per heavy atom. The van der Waals surface area contributed by atoms with E-state index in [1.807, 2.05) is 32.9 Å². The van der Waals surface area contributed by atoms with Crippen LogP contribution in [0.15, 0.2) is 28.2 Å². The van der Waals surface area contributed by atoms with Crippen LogP contribution in [0, 0.1) is 20.8 Å². The number of anilines is 1. The number of carbonyl (C=O) groups excluding carboxylic acids is 1. The van der Waals surface area contributed by atoms with Crippen LogP contribution in [0.1, 0.15) is 27.0 Å². The summed E-state index contributed by atoms with van der Waals surface area (Å²) in [6.45, 7) is 5.92. The number of nitrogens with one attached hydrogen (secondary N) is 1. The van der Waals surface area contributed by atoms with Gasteiger partial charge in [-0.15, -0.1) is 0 Å². The Morgan fingerprint density at radius 3 is 2.52 bits per heavy atom. The van der Waals surface area contributed by atoms with Crippen LogP contribution in [0.4, 0.5) is 5.82 Å². The van der Waals surface area contributed by atoms with Crippen LogP contribution in [0.2, 0.25) is 0 Å². The summed E-state index contributed by atoms with van der Waals surface area (Å²) >= 11 is 1.17. The fourth-order valence-electron chi connectivity index (χ4n) is 1.99. The molecule has 0 amide bonds. The van der Waals surface area contributed by atoms with Crippen molar-refractivity contribution in [3.8, 4) is 0 Å². The summed E-state index contributed by atoms with van der Waals surface area (Å²) in [5.41, 5.74) is 9.10. The molecule has 1 aromatic heterocycles. The lowest BCUT2D eigenvalue weighted by Gasteiger charge is -2.08. The van der Waals surface area contributed by atoms with E-state index in [2.05, 4.69) is 9.97 Å². The van der Waals surface area contributed by atoms with Gasteiger partial charge >= 0.3 is 0 Å². The van der Waals surface area contributed by atoms with Crippen molar-refractivity contribution in [1.29, 1.82) is 0 Å². The molecule has 1 heterocycles. The normalized spacial score (nSPS) is 10.6. The SMILES string of the molecule is Cc1cc(C)c(C(=O)CSc2nc(N)cc(=O)[nH]2)cc1C. The second-order valence-corrected chi connectivity index (χ2v) is 5.90. The van der Waals surface area contributed by atoms with E-state index in [-0.39, 0.29) is 22.9 Å². The number of aromatic nitrogens is 2. The van der Waals surface area contributed by atoms with Crippen LogP contribution in [0.5, 0.6) is 0 Å². The first kappa shape index (κ1) is 15.3. The summed E-state index contributed by atoms with van der Waals surface area (Å²) in [6, 6.07) is 5.12. The summed E-state index contributed by atoms with van der Waals surface area (Å²) < 4.78 is 0. The first-order valence-electron chi connectivity index (χ1n) is 6.47. The average molecular weight is 303 g/mol. The van der Waals surface area contributed by atoms with Gasteiger partial charge in [0.25, 0.3) is 5.56 Å². The third-order valence-electron chi connectivity index (χ3n) is 3.22. The van der Waals surface area contributed by atoms with Crippen molar-refractivity contribution in [1.82, 2.24) is 9.97 Å². The largest absolute Gasteiger partial charge is 0.383 e. The lowest BCUT2D eigenvalue weighted by atomic mass is 9.99. The van der Waals surface area contributed by atoms with Crippen LogP contribution in [-0.2, 0) is 0 Å². The van der Waals surface area contributed by atoms with Gasteiger partial charge in [0.2, 0.25) is 0 Å². The molecular weight excluding hydrogens is 286 g/mol. The molecule has 3 N–H and O–H groups in total. The predicted molar refractivity (Wildman–Crippen MR) is 85.0 cm³/mol. The molecule has 0 bridgehead atoms. The highest BCUT2D eigenvalue weighted by molar-refractivity contribution is 7.99. The maximum Gasteiger partial charge on any atom is 0.253 e. The maximum absolute atomic E-state index is 12.3. The number of thioether (sulfide) groups is 1. The van der Waals surface area contributed by atoms with E-state index in [0.29, 0.717) is 10.7 Å². The third-order valence-corrected chi connectivity index (χ3v) is 4.09. The van der Waals surface area contributed by atoms with Gasteiger partial charge in [-0.2, -0.15) is 0 Å². The monoisotopic (exact) mass is 303 g/mol. The van der Waals surface area contributed by atoms with Crippen molar-refractivity contribution in [3.63, 3.8) is 0 Å². The Balaban J connectivity index is 2.15. The van der Waals surface area contributed by atoms with Gasteiger partial charge in [-0.1, -0.05) is 17.8 Å². The van der Waals surface area contributed by atoms with E-state index in [4.69, 9.17) is 5.73 Å². The summed E-state index contributed by atoms with van der Waals surface area (Å²) in [4.78, 5) is 30.1. The molecule has 6 heteroatoms. The molecule has 0 radical (unpaired) electrons. The summed E-state index contributed by atoms with van der Waals surface area (Å²) in [6.07, 6.45) is 0. The Hall–Kier alpha value is -2.08. The molecule has 2 aromatic rings. The molecule has 0 atom stereocenters. The molecule has 0 saturated heterocycles. The average Bonchev–Trinajstić information content (AvgIpc) is 2.39. The van der Waals surface area contributed by atoms with E-state index >= 15 is 0 Å². The molecule has 0 aliphatic heterocycles. The van der Waals surface area contributed by atoms with Gasteiger partial charge in [0, 0.05) is 11.6 Å². The number of hydrogen-bond acceptors (Lipinski definition) is 5. The second kappa shape index (κ2) is 6.13. The number of ketones is 1. The Bertz CT molecular complexity index is 753. The predicted octanol–water partition coefficient (Wildman–Crippen LogP) is 2.25. The minimum Gasteiger partial charge on any atom is -0.383 e. The number of aryl methyl sites for hydroxylation is 3. The zero-order valence-electron chi connectivity index (χ0n) is 12.2. The minimum absolute atomic E-state index is 0.00525. The first-order chi connectivity index (χ1) is 9.86. The van der Waals surface area contributed by atoms with Crippen molar-refractivity contribution in [2.24, 2.45) is 0 Å². The lowest BCUT2D eigenvalue weighted by molar-refractivity contribution is 0.102. The molecule has 0 unspecified atom stereocenters. The third kappa shape index (κ3) is 3.72. The molecule has 5 nitrogen and oxygen atoms in total. The number of Topliss-reactive ketones (excluding diaryl/α,β-unsaturated/α-hetero) is 1. The number of benzene rings is 1. The molecular formula is C15H17N3O2S. The molecule has 0 aliphatic carbocycles. The van der Waals surface area contributed by atoms with Crippen molar-refractivity contribution < 1.29 is 4.79 Å². The number of aromatic amines is 1. The van der Waals surface area contributed by atoms with Crippen molar-refractivity contribution in [2.75, 3.05) is 11.5 Å². The van der Waals surface area contributed by atoms with E-state index in [1.165, 1.54) is 23.4 Å². The Labute approximate surface area is 127 Å². The van der Waals surface area contributed by atoms with Crippen molar-refractivity contribution in [3.05, 3.63) is 50.8 Å². The van der Waals surface area contributed by atoms with E-state index in [1.54, 1.807) is 0 Å². The fraction of sp³-hybridized carbons (Fsp3) is 0.267. The lowest BCUT2D eigenvalue weighted by Crippen LogP contribution is -2.11. The van der Waals surface area contributed by atoms with Crippen LogP contribution in [0.25, 0.3) is 0 Å². The minimum atomic E-state index is -0.320. The standard InChI is InChI=1S/C15H17N3O2S/c1-8-4-10(3)11(5-9(8)2)12(19)7-21-15-17-13(16)6-14(20)18-15/h4-6H,7H2,1-3H3,(H3,16,17,18,20). The van der Waals surface area contributed by atoms with Crippen LogP contribution in [0.3, 0.4) is 0 Å². The smallest absolute Gasteiger partial charge is 0.253 e. The van der Waals surface area contributed by atoms with Gasteiger partial charge in [-0.3, -0.25) is 9.59 Å². The molecule has 0 spiro atoms. The Kier molecular flexibility index (Phi) is 4.47. The molecule has 110 valence electrons. The van der Waals surface area contributed by atoms with E-state index in [0.717, 1.165) is 11.1 Å². The number of nitrogens with two attached hydrogens (primary N) is 1. The molecule has 1 aromatic carbocycles. The number of rotatable bonds is 4. The zero-order chi connectivity index (χ0) is 15.6. The second-order valence-electron chi connectivity index (χ2n) is 4.94. The summed E-state index contributed by atoms with van der Waals surface area (Å²) in [5.74, 6) is 0.358. The van der Waals surface area contributed by atoms with Gasteiger partial charge in [-0.25, -0.2) is 4.98 Å². The first-order valence-corrected chi connectivity index (χ1v) is 7.46. The van der Waals surface area contributed by atoms with Crippen LogP contribution in [-0.4, -0.2) is 21.5 Å². The molecule has 0 fully saturated rings. The van der Waals surface area contributed by atoms with Crippen LogP contribution < -0.4 is 11.3 Å². The zero-order valence-corrected chi connectivity index (χ0v) is 13.0. The highest BCUT2D eigenvalue weighted by atomic mass is 32.2. The highest BCUT2D eigenvalue weighted by Crippen LogP contribution is 2.19. The molecule has 21 heavy (non-hydrogen) atoms. The highest BCUT2D eigenvalue weighted by Gasteiger charge is 2.12. The van der Waals surface area contributed by atoms with E-state index in [9.17, 15) is 9.59 Å². The number of H-pyrrole nitrogens is 1.